The summed E-state index contributed by atoms with van der Waals surface area (Å²) in [7, 11) is 4.19. The third kappa shape index (κ3) is 2.97. The van der Waals surface area contributed by atoms with Crippen LogP contribution in [0, 0.1) is 18.8 Å². The largest absolute Gasteiger partial charge is 0.376 e. The lowest BCUT2D eigenvalue weighted by atomic mass is 9.93. The fourth-order valence-corrected chi connectivity index (χ4v) is 3.58. The minimum absolute atomic E-state index is 0.139. The Balaban J connectivity index is 1.68. The van der Waals surface area contributed by atoms with Crippen LogP contribution in [-0.4, -0.2) is 62.1 Å². The van der Waals surface area contributed by atoms with E-state index in [0.29, 0.717) is 11.8 Å². The number of hydrogen-bond acceptors (Lipinski definition) is 3. The third-order valence-electron chi connectivity index (χ3n) is 4.59. The van der Waals surface area contributed by atoms with E-state index in [9.17, 15) is 4.79 Å². The molecule has 2 fully saturated rings. The number of rotatable bonds is 3. The van der Waals surface area contributed by atoms with Gasteiger partial charge in [0.1, 0.15) is 0 Å². The Morgan fingerprint density at radius 3 is 2.90 bits per heavy atom. The maximum atomic E-state index is 12.6. The lowest BCUT2D eigenvalue weighted by molar-refractivity contribution is 0.0671. The van der Waals surface area contributed by atoms with E-state index < -0.39 is 0 Å². The average molecular weight is 288 g/mol. The van der Waals surface area contributed by atoms with Crippen LogP contribution < -0.4 is 0 Å². The van der Waals surface area contributed by atoms with Crippen molar-refractivity contribution in [3.05, 3.63) is 35.4 Å². The normalized spacial score (nSPS) is 28.2. The molecule has 0 bridgehead atoms. The molecular formula is C17H24N2O2. The van der Waals surface area contributed by atoms with E-state index in [0.717, 1.165) is 37.4 Å². The SMILES string of the molecule is Cc1cccc(C(=O)N2C[C@@H]3[C@H](CN(C)C)CO[C@@H]3C2)c1. The molecule has 4 heteroatoms. The molecule has 21 heavy (non-hydrogen) atoms. The molecule has 2 aliphatic heterocycles. The van der Waals surface area contributed by atoms with E-state index in [2.05, 4.69) is 19.0 Å². The van der Waals surface area contributed by atoms with Crippen molar-refractivity contribution in [3.63, 3.8) is 0 Å². The fourth-order valence-electron chi connectivity index (χ4n) is 3.58. The molecule has 0 aromatic heterocycles. The standard InChI is InChI=1S/C17H24N2O2/c1-12-5-4-6-13(7-12)17(20)19-9-15-14(8-18(2)3)11-21-16(15)10-19/h4-7,14-16H,8-11H2,1-3H3/t14-,15-,16-/m1/s1. The van der Waals surface area contributed by atoms with Gasteiger partial charge in [0.05, 0.1) is 12.7 Å². The monoisotopic (exact) mass is 288 g/mol. The van der Waals surface area contributed by atoms with Crippen molar-refractivity contribution in [2.75, 3.05) is 40.3 Å². The molecule has 0 aliphatic carbocycles. The minimum atomic E-state index is 0.139. The zero-order valence-electron chi connectivity index (χ0n) is 13.1. The van der Waals surface area contributed by atoms with Crippen LogP contribution in [0.5, 0.6) is 0 Å². The molecule has 0 N–H and O–H groups in total. The van der Waals surface area contributed by atoms with Gasteiger partial charge in [-0.25, -0.2) is 0 Å². The second kappa shape index (κ2) is 5.78. The summed E-state index contributed by atoms with van der Waals surface area (Å²) in [5.41, 5.74) is 1.92. The van der Waals surface area contributed by atoms with Crippen molar-refractivity contribution in [1.29, 1.82) is 0 Å². The van der Waals surface area contributed by atoms with Gasteiger partial charge in [-0.05, 0) is 33.2 Å². The summed E-state index contributed by atoms with van der Waals surface area (Å²) in [6, 6.07) is 7.84. The predicted molar refractivity (Wildman–Crippen MR) is 82.4 cm³/mol. The second-order valence-electron chi connectivity index (χ2n) is 6.64. The average Bonchev–Trinajstić information content (AvgIpc) is 2.99. The highest BCUT2D eigenvalue weighted by Gasteiger charge is 2.45. The van der Waals surface area contributed by atoms with Crippen molar-refractivity contribution in [2.45, 2.75) is 13.0 Å². The van der Waals surface area contributed by atoms with Crippen molar-refractivity contribution in [1.82, 2.24) is 9.80 Å². The smallest absolute Gasteiger partial charge is 0.253 e. The molecule has 0 unspecified atom stereocenters. The molecule has 2 aliphatic rings. The van der Waals surface area contributed by atoms with E-state index in [1.165, 1.54) is 0 Å². The van der Waals surface area contributed by atoms with Crippen LogP contribution in [0.1, 0.15) is 15.9 Å². The molecule has 1 aromatic carbocycles. The van der Waals surface area contributed by atoms with Gasteiger partial charge in [0.25, 0.3) is 5.91 Å². The number of aryl methyl sites for hydroxylation is 1. The number of benzene rings is 1. The van der Waals surface area contributed by atoms with Crippen LogP contribution in [0.2, 0.25) is 0 Å². The molecule has 114 valence electrons. The van der Waals surface area contributed by atoms with E-state index in [4.69, 9.17) is 4.74 Å². The highest BCUT2D eigenvalue weighted by atomic mass is 16.5. The summed E-state index contributed by atoms with van der Waals surface area (Å²) in [4.78, 5) is 16.8. The first kappa shape index (κ1) is 14.5. The van der Waals surface area contributed by atoms with E-state index in [-0.39, 0.29) is 12.0 Å². The van der Waals surface area contributed by atoms with E-state index >= 15 is 0 Å². The maximum absolute atomic E-state index is 12.6. The van der Waals surface area contributed by atoms with Crippen LogP contribution in [0.15, 0.2) is 24.3 Å². The van der Waals surface area contributed by atoms with Gasteiger partial charge in [0.15, 0.2) is 0 Å². The Bertz CT molecular complexity index is 529. The van der Waals surface area contributed by atoms with Crippen LogP contribution in [-0.2, 0) is 4.74 Å². The molecular weight excluding hydrogens is 264 g/mol. The fraction of sp³-hybridized carbons (Fsp3) is 0.588. The van der Waals surface area contributed by atoms with E-state index in [1.807, 2.05) is 36.1 Å². The van der Waals surface area contributed by atoms with Gasteiger partial charge < -0.3 is 14.5 Å². The van der Waals surface area contributed by atoms with Gasteiger partial charge in [-0.3, -0.25) is 4.79 Å². The molecule has 1 aromatic rings. The Hall–Kier alpha value is -1.39. The van der Waals surface area contributed by atoms with Crippen molar-refractivity contribution in [2.24, 2.45) is 11.8 Å². The van der Waals surface area contributed by atoms with Gasteiger partial charge >= 0.3 is 0 Å². The number of ether oxygens (including phenoxy) is 1. The van der Waals surface area contributed by atoms with Crippen LogP contribution >= 0.6 is 0 Å². The third-order valence-corrected chi connectivity index (χ3v) is 4.59. The van der Waals surface area contributed by atoms with Crippen LogP contribution in [0.4, 0.5) is 0 Å². The van der Waals surface area contributed by atoms with Crippen molar-refractivity contribution >= 4 is 5.91 Å². The molecule has 2 heterocycles. The molecule has 1 amide bonds. The number of likely N-dealkylation sites (tertiary alicyclic amines) is 1. The van der Waals surface area contributed by atoms with Crippen molar-refractivity contribution in [3.8, 4) is 0 Å². The predicted octanol–water partition coefficient (Wildman–Crippen LogP) is 1.64. The summed E-state index contributed by atoms with van der Waals surface area (Å²) in [6.07, 6.45) is 0.226. The Labute approximate surface area is 126 Å². The van der Waals surface area contributed by atoms with Gasteiger partial charge in [-0.2, -0.15) is 0 Å². The summed E-state index contributed by atoms with van der Waals surface area (Å²) < 4.78 is 5.91. The minimum Gasteiger partial charge on any atom is -0.376 e. The number of carbonyl (C=O) groups excluding carboxylic acids is 1. The van der Waals surface area contributed by atoms with Gasteiger partial charge in [-0.15, -0.1) is 0 Å². The number of fused-ring (bicyclic) bond motifs is 1. The topological polar surface area (TPSA) is 32.8 Å². The highest BCUT2D eigenvalue weighted by molar-refractivity contribution is 5.94. The Morgan fingerprint density at radius 2 is 2.19 bits per heavy atom. The first-order chi connectivity index (χ1) is 10.0. The lowest BCUT2D eigenvalue weighted by Gasteiger charge is -2.22. The van der Waals surface area contributed by atoms with Crippen molar-refractivity contribution < 1.29 is 9.53 Å². The number of carbonyl (C=O) groups is 1. The maximum Gasteiger partial charge on any atom is 0.253 e. The highest BCUT2D eigenvalue weighted by Crippen LogP contribution is 2.34. The first-order valence-corrected chi connectivity index (χ1v) is 7.67. The molecule has 0 saturated carbocycles. The van der Waals surface area contributed by atoms with Gasteiger partial charge in [0.2, 0.25) is 0 Å². The Kier molecular flexibility index (Phi) is 4.00. The quantitative estimate of drug-likeness (QED) is 0.848. The number of amides is 1. The molecule has 0 spiro atoms. The molecule has 0 radical (unpaired) electrons. The summed E-state index contributed by atoms with van der Waals surface area (Å²) in [5.74, 6) is 1.17. The zero-order chi connectivity index (χ0) is 15.0. The van der Waals surface area contributed by atoms with Gasteiger partial charge in [0, 0.05) is 37.0 Å². The number of nitrogens with zero attached hydrogens (tertiary/aromatic N) is 2. The van der Waals surface area contributed by atoms with Gasteiger partial charge in [-0.1, -0.05) is 17.7 Å². The van der Waals surface area contributed by atoms with Crippen LogP contribution in [0.3, 0.4) is 0 Å². The second-order valence-corrected chi connectivity index (χ2v) is 6.64. The van der Waals surface area contributed by atoms with E-state index in [1.54, 1.807) is 0 Å². The molecule has 4 nitrogen and oxygen atoms in total. The summed E-state index contributed by atoms with van der Waals surface area (Å²) >= 11 is 0. The summed E-state index contributed by atoms with van der Waals surface area (Å²) in [6.45, 7) is 5.46. The molecule has 3 rings (SSSR count). The summed E-state index contributed by atoms with van der Waals surface area (Å²) in [5, 5.41) is 0. The van der Waals surface area contributed by atoms with Crippen LogP contribution in [0.25, 0.3) is 0 Å². The zero-order valence-corrected chi connectivity index (χ0v) is 13.1. The lowest BCUT2D eigenvalue weighted by Crippen LogP contribution is -2.33. The number of hydrogen-bond donors (Lipinski definition) is 0. The Morgan fingerprint density at radius 1 is 1.38 bits per heavy atom. The molecule has 3 atom stereocenters. The first-order valence-electron chi connectivity index (χ1n) is 7.67. The molecule has 2 saturated heterocycles.